The van der Waals surface area contributed by atoms with Crippen LogP contribution in [0.5, 0.6) is 11.6 Å². The molecule has 0 fully saturated rings. The van der Waals surface area contributed by atoms with E-state index in [4.69, 9.17) is 10.5 Å². The Kier molecular flexibility index (Phi) is 3.71. The number of halogens is 3. The number of hydrogen-bond acceptors (Lipinski definition) is 3. The lowest BCUT2D eigenvalue weighted by Gasteiger charge is -2.13. The molecule has 2 rings (SSSR count). The van der Waals surface area contributed by atoms with Crippen molar-refractivity contribution in [2.24, 2.45) is 5.73 Å². The van der Waals surface area contributed by atoms with Crippen LogP contribution in [0.3, 0.4) is 0 Å². The van der Waals surface area contributed by atoms with Gasteiger partial charge in [-0.25, -0.2) is 4.98 Å². The summed E-state index contributed by atoms with van der Waals surface area (Å²) in [5.74, 6) is -0.198. The molecule has 0 aliphatic carbocycles. The minimum Gasteiger partial charge on any atom is -0.438 e. The van der Waals surface area contributed by atoms with Crippen LogP contribution in [0.2, 0.25) is 0 Å². The standard InChI is InChI=1S/C13H11F3N2O/c14-13(15,16)10-5-1-2-6-11(10)19-12-7-3-4-9(8-17)18-12/h1-7H,8,17H2. The van der Waals surface area contributed by atoms with E-state index in [1.165, 1.54) is 24.3 Å². The highest BCUT2D eigenvalue weighted by atomic mass is 19.4. The Morgan fingerprint density at radius 2 is 1.79 bits per heavy atom. The van der Waals surface area contributed by atoms with E-state index in [2.05, 4.69) is 4.98 Å². The summed E-state index contributed by atoms with van der Waals surface area (Å²) in [5.41, 5.74) is 5.12. The third kappa shape index (κ3) is 3.23. The predicted octanol–water partition coefficient (Wildman–Crippen LogP) is 3.35. The Bertz CT molecular complexity index is 570. The molecule has 1 aromatic carbocycles. The van der Waals surface area contributed by atoms with Gasteiger partial charge in [0.2, 0.25) is 5.88 Å². The molecule has 1 aromatic heterocycles. The summed E-state index contributed by atoms with van der Waals surface area (Å²) >= 11 is 0. The molecular formula is C13H11F3N2O. The van der Waals surface area contributed by atoms with Crippen LogP contribution in [-0.4, -0.2) is 4.98 Å². The number of rotatable bonds is 3. The van der Waals surface area contributed by atoms with E-state index in [-0.39, 0.29) is 18.2 Å². The maximum atomic E-state index is 12.8. The van der Waals surface area contributed by atoms with Gasteiger partial charge in [-0.15, -0.1) is 0 Å². The van der Waals surface area contributed by atoms with Crippen LogP contribution < -0.4 is 10.5 Å². The van der Waals surface area contributed by atoms with Gasteiger partial charge in [-0.05, 0) is 18.2 Å². The second kappa shape index (κ2) is 5.27. The largest absolute Gasteiger partial charge is 0.438 e. The fourth-order valence-electron chi connectivity index (χ4n) is 1.53. The van der Waals surface area contributed by atoms with Crippen molar-refractivity contribution in [2.45, 2.75) is 12.7 Å². The number of alkyl halides is 3. The first-order valence-corrected chi connectivity index (χ1v) is 5.51. The zero-order chi connectivity index (χ0) is 13.9. The zero-order valence-electron chi connectivity index (χ0n) is 9.82. The Morgan fingerprint density at radius 3 is 2.47 bits per heavy atom. The summed E-state index contributed by atoms with van der Waals surface area (Å²) in [6.07, 6.45) is -4.47. The summed E-state index contributed by atoms with van der Waals surface area (Å²) in [5, 5.41) is 0. The van der Waals surface area contributed by atoms with Crippen LogP contribution in [0.1, 0.15) is 11.3 Å². The lowest BCUT2D eigenvalue weighted by molar-refractivity contribution is -0.138. The molecule has 100 valence electrons. The molecule has 0 radical (unpaired) electrons. The van der Waals surface area contributed by atoms with Crippen molar-refractivity contribution in [3.8, 4) is 11.6 Å². The summed E-state index contributed by atoms with van der Waals surface area (Å²) in [7, 11) is 0. The molecule has 19 heavy (non-hydrogen) atoms. The van der Waals surface area contributed by atoms with Gasteiger partial charge in [0.05, 0.1) is 11.3 Å². The molecule has 2 aromatic rings. The summed E-state index contributed by atoms with van der Waals surface area (Å²) in [6, 6.07) is 9.76. The van der Waals surface area contributed by atoms with Gasteiger partial charge in [-0.3, -0.25) is 0 Å². The van der Waals surface area contributed by atoms with Gasteiger partial charge in [0.15, 0.2) is 0 Å². The van der Waals surface area contributed by atoms with Crippen LogP contribution >= 0.6 is 0 Å². The molecule has 0 amide bonds. The van der Waals surface area contributed by atoms with Crippen molar-refractivity contribution >= 4 is 0 Å². The number of nitrogens with two attached hydrogens (primary N) is 1. The highest BCUT2D eigenvalue weighted by Gasteiger charge is 2.34. The van der Waals surface area contributed by atoms with Gasteiger partial charge < -0.3 is 10.5 Å². The quantitative estimate of drug-likeness (QED) is 0.928. The molecule has 2 N–H and O–H groups in total. The average Bonchev–Trinajstić information content (AvgIpc) is 2.38. The first-order valence-electron chi connectivity index (χ1n) is 5.51. The third-order valence-corrected chi connectivity index (χ3v) is 2.40. The van der Waals surface area contributed by atoms with E-state index in [1.807, 2.05) is 0 Å². The van der Waals surface area contributed by atoms with Crippen molar-refractivity contribution in [2.75, 3.05) is 0 Å². The van der Waals surface area contributed by atoms with Gasteiger partial charge in [0, 0.05) is 12.6 Å². The molecule has 0 atom stereocenters. The topological polar surface area (TPSA) is 48.1 Å². The fraction of sp³-hybridized carbons (Fsp3) is 0.154. The first-order chi connectivity index (χ1) is 9.00. The monoisotopic (exact) mass is 268 g/mol. The van der Waals surface area contributed by atoms with Gasteiger partial charge in [0.1, 0.15) is 5.75 Å². The molecule has 6 heteroatoms. The normalized spacial score (nSPS) is 11.4. The predicted molar refractivity (Wildman–Crippen MR) is 63.6 cm³/mol. The molecule has 3 nitrogen and oxygen atoms in total. The maximum Gasteiger partial charge on any atom is 0.419 e. The minimum absolute atomic E-state index is 0.0830. The second-order valence-electron chi connectivity index (χ2n) is 3.77. The number of nitrogens with zero attached hydrogens (tertiary/aromatic N) is 1. The molecule has 0 bridgehead atoms. The Hall–Kier alpha value is -2.08. The Morgan fingerprint density at radius 1 is 1.05 bits per heavy atom. The molecule has 0 saturated carbocycles. The third-order valence-electron chi connectivity index (χ3n) is 2.40. The molecule has 1 heterocycles. The molecule has 0 spiro atoms. The average molecular weight is 268 g/mol. The van der Waals surface area contributed by atoms with Gasteiger partial charge in [0.25, 0.3) is 0 Å². The summed E-state index contributed by atoms with van der Waals surface area (Å²) < 4.78 is 43.5. The molecule has 0 unspecified atom stereocenters. The van der Waals surface area contributed by atoms with Gasteiger partial charge in [-0.2, -0.15) is 13.2 Å². The van der Waals surface area contributed by atoms with E-state index in [1.54, 1.807) is 12.1 Å². The van der Waals surface area contributed by atoms with Crippen LogP contribution in [0.25, 0.3) is 0 Å². The van der Waals surface area contributed by atoms with Crippen LogP contribution in [0.15, 0.2) is 42.5 Å². The SMILES string of the molecule is NCc1cccc(Oc2ccccc2C(F)(F)F)n1. The number of aromatic nitrogens is 1. The van der Waals surface area contributed by atoms with Gasteiger partial charge >= 0.3 is 6.18 Å². The molecule has 0 saturated heterocycles. The van der Waals surface area contributed by atoms with E-state index >= 15 is 0 Å². The van der Waals surface area contributed by atoms with Crippen molar-refractivity contribution in [1.82, 2.24) is 4.98 Å². The van der Waals surface area contributed by atoms with Crippen molar-refractivity contribution in [3.05, 3.63) is 53.7 Å². The first kappa shape index (κ1) is 13.4. The Balaban J connectivity index is 2.33. The van der Waals surface area contributed by atoms with Crippen molar-refractivity contribution in [1.29, 1.82) is 0 Å². The van der Waals surface area contributed by atoms with E-state index in [0.717, 1.165) is 6.07 Å². The molecule has 0 aliphatic rings. The van der Waals surface area contributed by atoms with Crippen molar-refractivity contribution in [3.63, 3.8) is 0 Å². The number of para-hydroxylation sites is 1. The van der Waals surface area contributed by atoms with E-state index < -0.39 is 11.7 Å². The highest BCUT2D eigenvalue weighted by Crippen LogP contribution is 2.37. The summed E-state index contributed by atoms with van der Waals surface area (Å²) in [4.78, 5) is 4.00. The van der Waals surface area contributed by atoms with Crippen LogP contribution in [-0.2, 0) is 12.7 Å². The van der Waals surface area contributed by atoms with E-state index in [0.29, 0.717) is 5.69 Å². The Labute approximate surface area is 107 Å². The molecular weight excluding hydrogens is 257 g/mol. The number of hydrogen-bond donors (Lipinski definition) is 1. The summed E-state index contributed by atoms with van der Waals surface area (Å²) in [6.45, 7) is 0.193. The van der Waals surface area contributed by atoms with Gasteiger partial charge in [-0.1, -0.05) is 18.2 Å². The minimum atomic E-state index is -4.47. The van der Waals surface area contributed by atoms with Crippen molar-refractivity contribution < 1.29 is 17.9 Å². The number of benzene rings is 1. The number of ether oxygens (including phenoxy) is 1. The van der Waals surface area contributed by atoms with Crippen LogP contribution in [0, 0.1) is 0 Å². The lowest BCUT2D eigenvalue weighted by atomic mass is 10.2. The maximum absolute atomic E-state index is 12.8. The smallest absolute Gasteiger partial charge is 0.419 e. The van der Waals surface area contributed by atoms with Crippen LogP contribution in [0.4, 0.5) is 13.2 Å². The number of pyridine rings is 1. The lowest BCUT2D eigenvalue weighted by Crippen LogP contribution is -2.07. The zero-order valence-corrected chi connectivity index (χ0v) is 9.82. The molecule has 0 aliphatic heterocycles. The fourth-order valence-corrected chi connectivity index (χ4v) is 1.53. The second-order valence-corrected chi connectivity index (χ2v) is 3.77. The highest BCUT2D eigenvalue weighted by molar-refractivity contribution is 5.38. The van der Waals surface area contributed by atoms with E-state index in [9.17, 15) is 13.2 Å².